The van der Waals surface area contributed by atoms with Crippen LogP contribution < -0.4 is 0 Å². The lowest BCUT2D eigenvalue weighted by Crippen LogP contribution is -2.31. The largest absolute Gasteiger partial charge is 0.508 e. The predicted molar refractivity (Wildman–Crippen MR) is 131 cm³/mol. The van der Waals surface area contributed by atoms with Crippen molar-refractivity contribution >= 4 is 40.0 Å². The van der Waals surface area contributed by atoms with Gasteiger partial charge in [0.05, 0.1) is 11.6 Å². The van der Waals surface area contributed by atoms with E-state index in [0.717, 1.165) is 16.5 Å². The lowest BCUT2D eigenvalue weighted by atomic mass is 9.95. The number of amides is 1. The number of nitrogens with zero attached hydrogens (tertiary/aromatic N) is 1. The molecule has 1 atom stereocenters. The van der Waals surface area contributed by atoms with E-state index in [9.17, 15) is 19.8 Å². The van der Waals surface area contributed by atoms with Crippen molar-refractivity contribution in [3.8, 4) is 5.75 Å². The van der Waals surface area contributed by atoms with Crippen molar-refractivity contribution in [2.45, 2.75) is 12.5 Å². The van der Waals surface area contributed by atoms with Gasteiger partial charge in [0.2, 0.25) is 0 Å². The van der Waals surface area contributed by atoms with Crippen LogP contribution >= 0.6 is 11.6 Å². The number of aliphatic hydroxyl groups is 1. The molecule has 0 spiro atoms. The number of ketones is 1. The number of carbonyl (C=O) groups is 2. The zero-order valence-electron chi connectivity index (χ0n) is 18.0. The average molecular weight is 473 g/mol. The molecule has 0 bridgehead atoms. The second kappa shape index (κ2) is 8.72. The second-order valence-electron chi connectivity index (χ2n) is 8.21. The van der Waals surface area contributed by atoms with E-state index in [1.165, 1.54) is 17.0 Å². The number of benzene rings is 3. The highest BCUT2D eigenvalue weighted by Crippen LogP contribution is 2.41. The number of para-hydroxylation sites is 1. The maximum atomic E-state index is 13.2. The van der Waals surface area contributed by atoms with Gasteiger partial charge < -0.3 is 20.1 Å². The van der Waals surface area contributed by atoms with Crippen molar-refractivity contribution < 1.29 is 19.8 Å². The Morgan fingerprint density at radius 1 is 1.00 bits per heavy atom. The van der Waals surface area contributed by atoms with E-state index in [-0.39, 0.29) is 23.6 Å². The second-order valence-corrected chi connectivity index (χ2v) is 8.65. The number of aliphatic hydroxyl groups excluding tert-OH is 1. The summed E-state index contributed by atoms with van der Waals surface area (Å²) in [6.07, 6.45) is 2.12. The third-order valence-corrected chi connectivity index (χ3v) is 6.38. The van der Waals surface area contributed by atoms with E-state index in [2.05, 4.69) is 4.98 Å². The van der Waals surface area contributed by atoms with Crippen LogP contribution in [0.15, 0.2) is 84.6 Å². The Balaban J connectivity index is 1.61. The van der Waals surface area contributed by atoms with Crippen LogP contribution in [-0.4, -0.2) is 38.3 Å². The first-order chi connectivity index (χ1) is 16.4. The molecule has 7 heteroatoms. The quantitative estimate of drug-likeness (QED) is 0.211. The molecule has 4 aromatic rings. The number of rotatable bonds is 5. The van der Waals surface area contributed by atoms with Crippen LogP contribution in [0.2, 0.25) is 5.02 Å². The van der Waals surface area contributed by atoms with Gasteiger partial charge in [-0.3, -0.25) is 9.59 Å². The number of Topliss-reactive ketones (excluding diaryl/α,β-unsaturated/α-hetero) is 1. The summed E-state index contributed by atoms with van der Waals surface area (Å²) in [7, 11) is 0. The third-order valence-electron chi connectivity index (χ3n) is 6.12. The van der Waals surface area contributed by atoms with Gasteiger partial charge in [-0.2, -0.15) is 0 Å². The van der Waals surface area contributed by atoms with Gasteiger partial charge in [0.1, 0.15) is 11.5 Å². The fraction of sp³-hybridized carbons (Fsp3) is 0.111. The van der Waals surface area contributed by atoms with Crippen LogP contribution in [0.5, 0.6) is 5.75 Å². The lowest BCUT2D eigenvalue weighted by molar-refractivity contribution is -0.139. The molecule has 1 aliphatic rings. The molecule has 170 valence electrons. The Kier molecular flexibility index (Phi) is 5.59. The molecule has 0 aliphatic carbocycles. The number of likely N-dealkylation sites (tertiary alicyclic amines) is 1. The maximum absolute atomic E-state index is 13.2. The standard InChI is InChI=1S/C27H21ClN2O4/c28-18-10-8-16(9-11-18)12-13-30-24(17-4-3-5-19(31)14-17)23(26(33)27(30)34)25(32)21-15-29-22-7-2-1-6-20(21)22/h1-11,14-15,24,29,31-32H,12-13H2/b25-23-. The molecule has 2 heterocycles. The van der Waals surface area contributed by atoms with Crippen molar-refractivity contribution in [2.24, 2.45) is 0 Å². The molecule has 34 heavy (non-hydrogen) atoms. The number of hydrogen-bond donors (Lipinski definition) is 3. The Morgan fingerprint density at radius 2 is 1.76 bits per heavy atom. The molecule has 0 saturated carbocycles. The molecular formula is C27H21ClN2O4. The number of nitrogens with one attached hydrogen (secondary N) is 1. The maximum Gasteiger partial charge on any atom is 0.295 e. The highest BCUT2D eigenvalue weighted by atomic mass is 35.5. The van der Waals surface area contributed by atoms with Gasteiger partial charge in [-0.15, -0.1) is 0 Å². The zero-order valence-corrected chi connectivity index (χ0v) is 18.8. The summed E-state index contributed by atoms with van der Waals surface area (Å²) in [5.41, 5.74) is 2.73. The van der Waals surface area contributed by atoms with Crippen LogP contribution in [0.1, 0.15) is 22.7 Å². The van der Waals surface area contributed by atoms with Gasteiger partial charge in [-0.1, -0.05) is 54.1 Å². The Labute approximate surface area is 200 Å². The zero-order chi connectivity index (χ0) is 23.8. The number of phenols is 1. The minimum Gasteiger partial charge on any atom is -0.508 e. The highest BCUT2D eigenvalue weighted by Gasteiger charge is 2.46. The summed E-state index contributed by atoms with van der Waals surface area (Å²) >= 11 is 5.97. The summed E-state index contributed by atoms with van der Waals surface area (Å²) in [5.74, 6) is -1.69. The van der Waals surface area contributed by atoms with Crippen LogP contribution in [0.3, 0.4) is 0 Å². The minimum atomic E-state index is -0.840. The highest BCUT2D eigenvalue weighted by molar-refractivity contribution is 6.46. The number of aromatic amines is 1. The molecule has 6 nitrogen and oxygen atoms in total. The van der Waals surface area contributed by atoms with Crippen molar-refractivity contribution in [3.63, 3.8) is 0 Å². The molecule has 1 saturated heterocycles. The number of aromatic hydroxyl groups is 1. The summed E-state index contributed by atoms with van der Waals surface area (Å²) in [4.78, 5) is 30.9. The van der Waals surface area contributed by atoms with Crippen LogP contribution in [0, 0.1) is 0 Å². The summed E-state index contributed by atoms with van der Waals surface area (Å²) in [5, 5.41) is 22.8. The third kappa shape index (κ3) is 3.82. The molecule has 3 N–H and O–H groups in total. The Morgan fingerprint density at radius 3 is 2.53 bits per heavy atom. The lowest BCUT2D eigenvalue weighted by Gasteiger charge is -2.25. The van der Waals surface area contributed by atoms with Crippen LogP contribution in [0.4, 0.5) is 0 Å². The van der Waals surface area contributed by atoms with Crippen LogP contribution in [0.25, 0.3) is 16.7 Å². The normalized spacial score (nSPS) is 17.6. The number of H-pyrrole nitrogens is 1. The van der Waals surface area contributed by atoms with Crippen molar-refractivity contribution in [1.29, 1.82) is 0 Å². The van der Waals surface area contributed by atoms with Crippen molar-refractivity contribution in [2.75, 3.05) is 6.54 Å². The van der Waals surface area contributed by atoms with Crippen molar-refractivity contribution in [1.82, 2.24) is 9.88 Å². The molecular weight excluding hydrogens is 452 g/mol. The van der Waals surface area contributed by atoms with E-state index < -0.39 is 17.7 Å². The summed E-state index contributed by atoms with van der Waals surface area (Å²) in [6, 6.07) is 20.3. The van der Waals surface area contributed by atoms with E-state index in [1.807, 2.05) is 36.4 Å². The number of fused-ring (bicyclic) bond motifs is 1. The summed E-state index contributed by atoms with van der Waals surface area (Å²) in [6.45, 7) is 0.247. The topological polar surface area (TPSA) is 93.6 Å². The molecule has 1 aromatic heterocycles. The molecule has 0 radical (unpaired) electrons. The first-order valence-corrected chi connectivity index (χ1v) is 11.2. The molecule has 3 aromatic carbocycles. The molecule has 5 rings (SSSR count). The number of aromatic nitrogens is 1. The Bertz CT molecular complexity index is 1440. The fourth-order valence-corrected chi connectivity index (χ4v) is 4.59. The average Bonchev–Trinajstić information content (AvgIpc) is 3.38. The number of carbonyl (C=O) groups excluding carboxylic acids is 2. The van der Waals surface area contributed by atoms with Crippen molar-refractivity contribution in [3.05, 3.63) is 106 Å². The fourth-order valence-electron chi connectivity index (χ4n) is 4.47. The number of hydrogen-bond acceptors (Lipinski definition) is 4. The molecule has 1 fully saturated rings. The van der Waals surface area contributed by atoms with Gasteiger partial charge in [-0.25, -0.2) is 0 Å². The monoisotopic (exact) mass is 472 g/mol. The van der Waals surface area contributed by atoms with E-state index in [4.69, 9.17) is 11.6 Å². The summed E-state index contributed by atoms with van der Waals surface area (Å²) < 4.78 is 0. The van der Waals surface area contributed by atoms with Gasteiger partial charge in [-0.05, 0) is 47.9 Å². The number of phenolic OH excluding ortho intramolecular Hbond substituents is 1. The first kappa shape index (κ1) is 21.8. The van der Waals surface area contributed by atoms with Gasteiger partial charge >= 0.3 is 0 Å². The van der Waals surface area contributed by atoms with Crippen LogP contribution in [-0.2, 0) is 16.0 Å². The molecule has 1 unspecified atom stereocenters. The van der Waals surface area contributed by atoms with E-state index in [1.54, 1.807) is 30.5 Å². The van der Waals surface area contributed by atoms with Gasteiger partial charge in [0, 0.05) is 34.2 Å². The minimum absolute atomic E-state index is 0.00328. The smallest absolute Gasteiger partial charge is 0.295 e. The molecule has 1 amide bonds. The molecule has 1 aliphatic heterocycles. The predicted octanol–water partition coefficient (Wildman–Crippen LogP) is 5.19. The van der Waals surface area contributed by atoms with E-state index >= 15 is 0 Å². The van der Waals surface area contributed by atoms with E-state index in [0.29, 0.717) is 22.6 Å². The SMILES string of the molecule is O=C1C(=O)N(CCc2ccc(Cl)cc2)C(c2cccc(O)c2)/C1=C(/O)c1c[nH]c2ccccc12. The first-order valence-electron chi connectivity index (χ1n) is 10.8. The van der Waals surface area contributed by atoms with Gasteiger partial charge in [0.25, 0.3) is 11.7 Å². The Hall–Kier alpha value is -4.03. The number of halogens is 1. The van der Waals surface area contributed by atoms with Gasteiger partial charge in [0.15, 0.2) is 0 Å².